The van der Waals surface area contributed by atoms with E-state index in [2.05, 4.69) is 55.4 Å². The second kappa shape index (κ2) is 8.34. The van der Waals surface area contributed by atoms with Crippen LogP contribution < -0.4 is 0 Å². The van der Waals surface area contributed by atoms with Crippen molar-refractivity contribution in [3.05, 3.63) is 0 Å². The molecule has 0 aromatic carbocycles. The smallest absolute Gasteiger partial charge is 0.0629 e. The molecule has 1 rings (SSSR count). The number of rotatable bonds is 8. The van der Waals surface area contributed by atoms with Gasteiger partial charge in [-0.3, -0.25) is 0 Å². The van der Waals surface area contributed by atoms with E-state index in [0.717, 1.165) is 25.0 Å². The maximum Gasteiger partial charge on any atom is 0.0629 e. The van der Waals surface area contributed by atoms with Crippen LogP contribution >= 0.6 is 0 Å². The summed E-state index contributed by atoms with van der Waals surface area (Å²) in [5.74, 6) is 1.67. The fourth-order valence-corrected chi connectivity index (χ4v) is 3.95. The third-order valence-corrected chi connectivity index (χ3v) is 4.96. The monoisotopic (exact) mass is 326 g/mol. The van der Waals surface area contributed by atoms with Crippen molar-refractivity contribution in [2.24, 2.45) is 17.3 Å². The molecule has 2 heteroatoms. The van der Waals surface area contributed by atoms with Crippen LogP contribution in [0.15, 0.2) is 0 Å². The van der Waals surface area contributed by atoms with Crippen molar-refractivity contribution in [3.63, 3.8) is 0 Å². The molecule has 0 heterocycles. The first kappa shape index (κ1) is 21.0. The van der Waals surface area contributed by atoms with E-state index >= 15 is 0 Å². The van der Waals surface area contributed by atoms with E-state index in [0.29, 0.717) is 0 Å². The third-order valence-electron chi connectivity index (χ3n) is 4.96. The molecule has 0 radical (unpaired) electrons. The summed E-state index contributed by atoms with van der Waals surface area (Å²) >= 11 is 0. The van der Waals surface area contributed by atoms with Crippen molar-refractivity contribution in [2.45, 2.75) is 105 Å². The lowest BCUT2D eigenvalue weighted by Gasteiger charge is -2.38. The minimum absolute atomic E-state index is 0.00930. The molecule has 1 aliphatic carbocycles. The van der Waals surface area contributed by atoms with E-state index in [4.69, 9.17) is 9.47 Å². The average molecular weight is 327 g/mol. The summed E-state index contributed by atoms with van der Waals surface area (Å²) in [4.78, 5) is 0. The van der Waals surface area contributed by atoms with Crippen molar-refractivity contribution in [3.8, 4) is 0 Å². The molecule has 0 aromatic rings. The van der Waals surface area contributed by atoms with E-state index in [1.165, 1.54) is 38.5 Å². The second-order valence-corrected chi connectivity index (χ2v) is 10.1. The van der Waals surface area contributed by atoms with Crippen molar-refractivity contribution in [1.29, 1.82) is 0 Å². The maximum absolute atomic E-state index is 6.22. The lowest BCUT2D eigenvalue weighted by Crippen LogP contribution is -2.34. The van der Waals surface area contributed by atoms with Crippen molar-refractivity contribution >= 4 is 0 Å². The standard InChI is InChI=1S/C21H42O2/c1-9-22-20(5,6)14-17-10-12-18(13-11-17)15-21(7,8)23-16-19(2,3)4/h17-18H,9-16H2,1-8H3. The zero-order valence-electron chi connectivity index (χ0n) is 17.1. The van der Waals surface area contributed by atoms with Crippen molar-refractivity contribution < 1.29 is 9.47 Å². The van der Waals surface area contributed by atoms with Gasteiger partial charge >= 0.3 is 0 Å². The van der Waals surface area contributed by atoms with Crippen LogP contribution in [0.3, 0.4) is 0 Å². The molecule has 0 aliphatic heterocycles. The van der Waals surface area contributed by atoms with E-state index in [1.807, 2.05) is 0 Å². The van der Waals surface area contributed by atoms with Gasteiger partial charge < -0.3 is 9.47 Å². The Morgan fingerprint density at radius 1 is 0.696 bits per heavy atom. The summed E-state index contributed by atoms with van der Waals surface area (Å²) in [6.45, 7) is 19.5. The molecule has 0 bridgehead atoms. The van der Waals surface area contributed by atoms with Crippen LogP contribution in [-0.4, -0.2) is 24.4 Å². The predicted octanol–water partition coefficient (Wildman–Crippen LogP) is 6.23. The maximum atomic E-state index is 6.22. The van der Waals surface area contributed by atoms with Gasteiger partial charge in [-0.15, -0.1) is 0 Å². The van der Waals surface area contributed by atoms with Crippen LogP contribution in [0.4, 0.5) is 0 Å². The largest absolute Gasteiger partial charge is 0.376 e. The molecule has 0 atom stereocenters. The lowest BCUT2D eigenvalue weighted by molar-refractivity contribution is -0.0689. The minimum atomic E-state index is 0.00930. The van der Waals surface area contributed by atoms with Gasteiger partial charge in [0, 0.05) is 6.61 Å². The molecule has 0 unspecified atom stereocenters. The zero-order chi connectivity index (χ0) is 17.7. The first-order valence-electron chi connectivity index (χ1n) is 9.70. The molecule has 0 spiro atoms. The topological polar surface area (TPSA) is 18.5 Å². The summed E-state index contributed by atoms with van der Waals surface area (Å²) in [6, 6.07) is 0. The second-order valence-electron chi connectivity index (χ2n) is 10.1. The highest BCUT2D eigenvalue weighted by Crippen LogP contribution is 2.38. The van der Waals surface area contributed by atoms with Crippen LogP contribution in [0, 0.1) is 17.3 Å². The van der Waals surface area contributed by atoms with Gasteiger partial charge in [0.2, 0.25) is 0 Å². The Morgan fingerprint density at radius 2 is 1.09 bits per heavy atom. The fraction of sp³-hybridized carbons (Fsp3) is 1.00. The first-order chi connectivity index (χ1) is 10.4. The summed E-state index contributed by atoms with van der Waals surface area (Å²) in [7, 11) is 0. The number of ether oxygens (including phenoxy) is 2. The highest BCUT2D eigenvalue weighted by Gasteiger charge is 2.31. The molecule has 138 valence electrons. The Bertz CT molecular complexity index is 330. The summed E-state index contributed by atoms with van der Waals surface area (Å²) in [5.41, 5.74) is 0.302. The minimum Gasteiger partial charge on any atom is -0.376 e. The predicted molar refractivity (Wildman–Crippen MR) is 99.9 cm³/mol. The van der Waals surface area contributed by atoms with E-state index in [9.17, 15) is 0 Å². The third kappa shape index (κ3) is 9.10. The van der Waals surface area contributed by atoms with E-state index < -0.39 is 0 Å². The van der Waals surface area contributed by atoms with Gasteiger partial charge in [-0.1, -0.05) is 46.5 Å². The zero-order valence-corrected chi connectivity index (χ0v) is 17.1. The molecular weight excluding hydrogens is 284 g/mol. The Balaban J connectivity index is 2.35. The van der Waals surface area contributed by atoms with Gasteiger partial charge in [-0.2, -0.15) is 0 Å². The Morgan fingerprint density at radius 3 is 1.43 bits per heavy atom. The number of hydrogen-bond donors (Lipinski definition) is 0. The summed E-state index contributed by atoms with van der Waals surface area (Å²) in [6.07, 6.45) is 7.83. The van der Waals surface area contributed by atoms with Gasteiger partial charge in [0.15, 0.2) is 0 Å². The van der Waals surface area contributed by atoms with Gasteiger partial charge in [-0.05, 0) is 64.7 Å². The van der Waals surface area contributed by atoms with Crippen LogP contribution in [0.5, 0.6) is 0 Å². The fourth-order valence-electron chi connectivity index (χ4n) is 3.95. The lowest BCUT2D eigenvalue weighted by atomic mass is 9.74. The quantitative estimate of drug-likeness (QED) is 0.526. The Hall–Kier alpha value is -0.0800. The molecule has 0 aromatic heterocycles. The molecule has 1 saturated carbocycles. The van der Waals surface area contributed by atoms with E-state index in [1.54, 1.807) is 0 Å². The van der Waals surface area contributed by atoms with Crippen molar-refractivity contribution in [2.75, 3.05) is 13.2 Å². The highest BCUT2D eigenvalue weighted by atomic mass is 16.5. The Kier molecular flexibility index (Phi) is 7.60. The van der Waals surface area contributed by atoms with Gasteiger partial charge in [0.1, 0.15) is 0 Å². The molecule has 23 heavy (non-hydrogen) atoms. The SMILES string of the molecule is CCOC(C)(C)CC1CCC(CC(C)(C)OCC(C)(C)C)CC1. The number of hydrogen-bond acceptors (Lipinski definition) is 2. The normalized spacial score (nSPS) is 24.0. The van der Waals surface area contributed by atoms with E-state index in [-0.39, 0.29) is 16.6 Å². The molecule has 1 fully saturated rings. The summed E-state index contributed by atoms with van der Waals surface area (Å²) < 4.78 is 12.1. The average Bonchev–Trinajstić information content (AvgIpc) is 2.37. The molecule has 0 saturated heterocycles. The van der Waals surface area contributed by atoms with Crippen LogP contribution in [0.25, 0.3) is 0 Å². The van der Waals surface area contributed by atoms with Crippen LogP contribution in [0.1, 0.15) is 93.9 Å². The highest BCUT2D eigenvalue weighted by molar-refractivity contribution is 4.83. The molecule has 0 amide bonds. The van der Waals surface area contributed by atoms with Crippen LogP contribution in [0.2, 0.25) is 0 Å². The van der Waals surface area contributed by atoms with Gasteiger partial charge in [-0.25, -0.2) is 0 Å². The van der Waals surface area contributed by atoms with Crippen molar-refractivity contribution in [1.82, 2.24) is 0 Å². The summed E-state index contributed by atoms with van der Waals surface area (Å²) in [5, 5.41) is 0. The Labute approximate surface area is 145 Å². The van der Waals surface area contributed by atoms with Gasteiger partial charge in [0.25, 0.3) is 0 Å². The first-order valence-corrected chi connectivity index (χ1v) is 9.70. The molecule has 0 N–H and O–H groups in total. The van der Waals surface area contributed by atoms with Gasteiger partial charge in [0.05, 0.1) is 17.8 Å². The molecule has 1 aliphatic rings. The molecular formula is C21H42O2. The molecule has 2 nitrogen and oxygen atoms in total. The van der Waals surface area contributed by atoms with Crippen LogP contribution in [-0.2, 0) is 9.47 Å².